The summed E-state index contributed by atoms with van der Waals surface area (Å²) in [7, 11) is -3.67. The minimum atomic E-state index is -3.67. The van der Waals surface area contributed by atoms with E-state index >= 15 is 0 Å². The lowest BCUT2D eigenvalue weighted by Gasteiger charge is -2.26. The van der Waals surface area contributed by atoms with Gasteiger partial charge in [-0.3, -0.25) is 4.79 Å². The summed E-state index contributed by atoms with van der Waals surface area (Å²) in [4.78, 5) is 13.2. The lowest BCUT2D eigenvalue weighted by atomic mass is 10.2. The molecule has 0 spiro atoms. The number of furan rings is 1. The van der Waals surface area contributed by atoms with E-state index in [1.165, 1.54) is 10.4 Å². The topological polar surface area (TPSA) is 93.8 Å². The Balaban J connectivity index is 1.57. The monoisotopic (exact) mass is 457 g/mol. The second-order valence-corrected chi connectivity index (χ2v) is 9.81. The molecule has 170 valence electrons. The van der Waals surface area contributed by atoms with E-state index in [2.05, 4.69) is 5.32 Å². The number of carbonyl (C=O) groups excluding carboxylic acids is 1. The number of aromatic nitrogens is 1. The van der Waals surface area contributed by atoms with Crippen molar-refractivity contribution in [1.82, 2.24) is 8.87 Å². The van der Waals surface area contributed by atoms with Crippen LogP contribution < -0.4 is 5.32 Å². The number of amides is 1. The molecule has 8 nitrogen and oxygen atoms in total. The summed E-state index contributed by atoms with van der Waals surface area (Å²) in [5.74, 6) is 0.512. The molecule has 0 radical (unpaired) electrons. The molecule has 0 bridgehead atoms. The summed E-state index contributed by atoms with van der Waals surface area (Å²) in [5.41, 5.74) is 3.34. The second-order valence-electron chi connectivity index (χ2n) is 7.90. The maximum Gasteiger partial charge on any atom is 0.257 e. The lowest BCUT2D eigenvalue weighted by Crippen LogP contribution is -2.40. The molecular weight excluding hydrogens is 430 g/mol. The number of nitrogens with one attached hydrogen (secondary N) is 1. The number of nitrogens with zero attached hydrogens (tertiary/aromatic N) is 2. The maximum absolute atomic E-state index is 13.1. The van der Waals surface area contributed by atoms with Crippen molar-refractivity contribution >= 4 is 21.6 Å². The van der Waals surface area contributed by atoms with Gasteiger partial charge in [-0.2, -0.15) is 4.31 Å². The molecule has 1 aliphatic rings. The third kappa shape index (κ3) is 4.36. The summed E-state index contributed by atoms with van der Waals surface area (Å²) in [6, 6.07) is 10.5. The number of hydrogen-bond donors (Lipinski definition) is 1. The standard InChI is InChI=1S/C23H27N3O5S/c1-16-6-7-19(14-22(16)32(28,29)25-8-11-30-12-9-25)24-23(27)21-13-17(2)26(18(21)3)15-20-5-4-10-31-20/h4-7,10,13-14H,8-9,11-12,15H2,1-3H3,(H,24,27). The molecule has 4 rings (SSSR count). The Hall–Kier alpha value is -2.88. The van der Waals surface area contributed by atoms with Crippen LogP contribution in [0.5, 0.6) is 0 Å². The van der Waals surface area contributed by atoms with E-state index < -0.39 is 10.0 Å². The molecule has 1 fully saturated rings. The number of ether oxygens (including phenoxy) is 1. The minimum Gasteiger partial charge on any atom is -0.467 e. The largest absolute Gasteiger partial charge is 0.467 e. The smallest absolute Gasteiger partial charge is 0.257 e. The molecule has 0 atom stereocenters. The Kier molecular flexibility index (Phi) is 6.23. The van der Waals surface area contributed by atoms with Gasteiger partial charge in [0.1, 0.15) is 5.76 Å². The normalized spacial score (nSPS) is 15.1. The van der Waals surface area contributed by atoms with Gasteiger partial charge in [-0.25, -0.2) is 8.42 Å². The van der Waals surface area contributed by atoms with Gasteiger partial charge in [-0.15, -0.1) is 0 Å². The average Bonchev–Trinajstić information content (AvgIpc) is 3.39. The van der Waals surface area contributed by atoms with Gasteiger partial charge in [0.2, 0.25) is 10.0 Å². The van der Waals surface area contributed by atoms with Gasteiger partial charge >= 0.3 is 0 Å². The van der Waals surface area contributed by atoms with Crippen LogP contribution in [0, 0.1) is 20.8 Å². The first-order valence-electron chi connectivity index (χ1n) is 10.5. The van der Waals surface area contributed by atoms with Crippen LogP contribution in [0.3, 0.4) is 0 Å². The van der Waals surface area contributed by atoms with Gasteiger partial charge in [0.05, 0.1) is 36.5 Å². The number of aryl methyl sites for hydroxylation is 2. The molecule has 3 aromatic rings. The fraction of sp³-hybridized carbons (Fsp3) is 0.348. The van der Waals surface area contributed by atoms with Crippen molar-refractivity contribution in [3.05, 3.63) is 70.9 Å². The van der Waals surface area contributed by atoms with Crippen molar-refractivity contribution in [2.75, 3.05) is 31.6 Å². The summed E-state index contributed by atoms with van der Waals surface area (Å²) < 4.78 is 40.4. The molecule has 1 aromatic carbocycles. The fourth-order valence-electron chi connectivity index (χ4n) is 3.91. The Labute approximate surface area is 187 Å². The molecule has 9 heteroatoms. The molecule has 3 heterocycles. The van der Waals surface area contributed by atoms with E-state index in [1.54, 1.807) is 25.3 Å². The van der Waals surface area contributed by atoms with Gasteiger partial charge in [0.15, 0.2) is 0 Å². The first kappa shape index (κ1) is 22.3. The molecule has 0 aliphatic carbocycles. The molecule has 1 amide bonds. The molecule has 1 saturated heterocycles. The number of hydrogen-bond acceptors (Lipinski definition) is 5. The molecule has 1 N–H and O–H groups in total. The SMILES string of the molecule is Cc1ccc(NC(=O)c2cc(C)n(Cc3ccco3)c2C)cc1S(=O)(=O)N1CCOCC1. The number of morpholine rings is 1. The zero-order valence-corrected chi connectivity index (χ0v) is 19.2. The average molecular weight is 458 g/mol. The Morgan fingerprint density at radius 1 is 1.09 bits per heavy atom. The number of anilines is 1. The van der Waals surface area contributed by atoms with E-state index in [-0.39, 0.29) is 10.8 Å². The Morgan fingerprint density at radius 2 is 1.84 bits per heavy atom. The van der Waals surface area contributed by atoms with E-state index in [0.717, 1.165) is 17.1 Å². The predicted octanol–water partition coefficient (Wildman–Crippen LogP) is 3.33. The number of rotatable bonds is 6. The zero-order chi connectivity index (χ0) is 22.9. The summed E-state index contributed by atoms with van der Waals surface area (Å²) >= 11 is 0. The van der Waals surface area contributed by atoms with Crippen LogP contribution in [-0.2, 0) is 21.3 Å². The highest BCUT2D eigenvalue weighted by molar-refractivity contribution is 7.89. The van der Waals surface area contributed by atoms with Crippen LogP contribution in [0.25, 0.3) is 0 Å². The van der Waals surface area contributed by atoms with Crippen LogP contribution >= 0.6 is 0 Å². The molecule has 32 heavy (non-hydrogen) atoms. The van der Waals surface area contributed by atoms with Crippen LogP contribution in [0.2, 0.25) is 0 Å². The zero-order valence-electron chi connectivity index (χ0n) is 18.4. The molecule has 0 unspecified atom stereocenters. The molecule has 2 aromatic heterocycles. The quantitative estimate of drug-likeness (QED) is 0.613. The third-order valence-electron chi connectivity index (χ3n) is 5.75. The highest BCUT2D eigenvalue weighted by Gasteiger charge is 2.28. The Bertz CT molecular complexity index is 1220. The predicted molar refractivity (Wildman–Crippen MR) is 120 cm³/mol. The van der Waals surface area contributed by atoms with E-state index in [0.29, 0.717) is 49.7 Å². The molecular formula is C23H27N3O5S. The fourth-order valence-corrected chi connectivity index (χ4v) is 5.57. The van der Waals surface area contributed by atoms with Crippen molar-refractivity contribution in [2.24, 2.45) is 0 Å². The third-order valence-corrected chi connectivity index (χ3v) is 7.79. The van der Waals surface area contributed by atoms with Crippen molar-refractivity contribution in [3.8, 4) is 0 Å². The number of carbonyl (C=O) groups is 1. The second kappa shape index (κ2) is 8.93. The highest BCUT2D eigenvalue weighted by Crippen LogP contribution is 2.25. The van der Waals surface area contributed by atoms with Crippen LogP contribution in [0.1, 0.15) is 33.1 Å². The lowest BCUT2D eigenvalue weighted by molar-refractivity contribution is 0.0730. The van der Waals surface area contributed by atoms with Crippen LogP contribution in [0.15, 0.2) is 52.0 Å². The minimum absolute atomic E-state index is 0.195. The van der Waals surface area contributed by atoms with Gasteiger partial charge in [0.25, 0.3) is 5.91 Å². The van der Waals surface area contributed by atoms with Gasteiger partial charge in [0, 0.05) is 30.2 Å². The van der Waals surface area contributed by atoms with Crippen molar-refractivity contribution in [3.63, 3.8) is 0 Å². The van der Waals surface area contributed by atoms with Gasteiger partial charge in [-0.05, 0) is 56.7 Å². The number of sulfonamides is 1. The molecule has 1 aliphatic heterocycles. The summed E-state index contributed by atoms with van der Waals surface area (Å²) in [6.45, 7) is 7.50. The summed E-state index contributed by atoms with van der Waals surface area (Å²) in [5, 5.41) is 2.86. The highest BCUT2D eigenvalue weighted by atomic mass is 32.2. The number of benzene rings is 1. The first-order valence-corrected chi connectivity index (χ1v) is 11.9. The van der Waals surface area contributed by atoms with E-state index in [4.69, 9.17) is 9.15 Å². The van der Waals surface area contributed by atoms with Crippen molar-refractivity contribution in [2.45, 2.75) is 32.2 Å². The maximum atomic E-state index is 13.1. The van der Waals surface area contributed by atoms with Gasteiger partial charge in [-0.1, -0.05) is 6.07 Å². The first-order chi connectivity index (χ1) is 15.3. The summed E-state index contributed by atoms with van der Waals surface area (Å²) in [6.07, 6.45) is 1.62. The van der Waals surface area contributed by atoms with Crippen molar-refractivity contribution in [1.29, 1.82) is 0 Å². The van der Waals surface area contributed by atoms with E-state index in [9.17, 15) is 13.2 Å². The Morgan fingerprint density at radius 3 is 2.53 bits per heavy atom. The van der Waals surface area contributed by atoms with E-state index in [1.807, 2.05) is 36.6 Å². The molecule has 0 saturated carbocycles. The van der Waals surface area contributed by atoms with Crippen LogP contribution in [0.4, 0.5) is 5.69 Å². The van der Waals surface area contributed by atoms with Crippen LogP contribution in [-0.4, -0.2) is 49.5 Å². The van der Waals surface area contributed by atoms with Crippen molar-refractivity contribution < 1.29 is 22.4 Å². The van der Waals surface area contributed by atoms with Gasteiger partial charge < -0.3 is 19.0 Å².